The van der Waals surface area contributed by atoms with Crippen molar-refractivity contribution in [3.8, 4) is 0 Å². The van der Waals surface area contributed by atoms with Crippen LogP contribution >= 0.6 is 0 Å². The molecule has 0 saturated carbocycles. The van der Waals surface area contributed by atoms with Crippen molar-refractivity contribution in [1.82, 2.24) is 4.98 Å². The molecule has 2 heteroatoms. The molecule has 2 nitrogen and oxygen atoms in total. The minimum Gasteiger partial charge on any atom is -0.380 e. The van der Waals surface area contributed by atoms with E-state index in [0.29, 0.717) is 0 Å². The van der Waals surface area contributed by atoms with E-state index < -0.39 is 0 Å². The van der Waals surface area contributed by atoms with Crippen molar-refractivity contribution in [2.45, 2.75) is 58.4 Å². The lowest BCUT2D eigenvalue weighted by Crippen LogP contribution is -2.13. The van der Waals surface area contributed by atoms with Gasteiger partial charge in [0.25, 0.3) is 0 Å². The number of fused-ring (bicyclic) bond motifs is 2. The average Bonchev–Trinajstić information content (AvgIpc) is 2.64. The molecule has 1 heterocycles. The number of benzene rings is 2. The Hall–Kier alpha value is -2.35. The molecule has 26 heavy (non-hydrogen) atoms. The van der Waals surface area contributed by atoms with Crippen molar-refractivity contribution < 1.29 is 0 Å². The van der Waals surface area contributed by atoms with Crippen LogP contribution in [0, 0.1) is 0 Å². The summed E-state index contributed by atoms with van der Waals surface area (Å²) in [5.41, 5.74) is 7.97. The van der Waals surface area contributed by atoms with Crippen LogP contribution in [0.15, 0.2) is 48.5 Å². The first kappa shape index (κ1) is 17.1. The monoisotopic (exact) mass is 344 g/mol. The normalized spacial score (nSPS) is 14.3. The van der Waals surface area contributed by atoms with Crippen molar-refractivity contribution in [3.05, 3.63) is 70.9 Å². The Morgan fingerprint density at radius 2 is 1.73 bits per heavy atom. The fraction of sp³-hybridized carbons (Fsp3) is 0.375. The van der Waals surface area contributed by atoms with Crippen LogP contribution in [0.25, 0.3) is 10.9 Å². The number of hydrogen-bond acceptors (Lipinski definition) is 2. The Bertz CT molecular complexity index is 920. The van der Waals surface area contributed by atoms with E-state index in [0.717, 1.165) is 24.9 Å². The Morgan fingerprint density at radius 3 is 2.50 bits per heavy atom. The van der Waals surface area contributed by atoms with E-state index in [4.69, 9.17) is 4.98 Å². The number of aryl methyl sites for hydroxylation is 1. The Kier molecular flexibility index (Phi) is 4.44. The van der Waals surface area contributed by atoms with E-state index in [-0.39, 0.29) is 5.41 Å². The molecule has 2 aromatic carbocycles. The van der Waals surface area contributed by atoms with E-state index in [1.165, 1.54) is 46.3 Å². The van der Waals surface area contributed by atoms with Gasteiger partial charge in [0.2, 0.25) is 0 Å². The van der Waals surface area contributed by atoms with Gasteiger partial charge in [-0.15, -0.1) is 0 Å². The highest BCUT2D eigenvalue weighted by Crippen LogP contribution is 2.35. The molecule has 1 aliphatic carbocycles. The Morgan fingerprint density at radius 1 is 0.962 bits per heavy atom. The van der Waals surface area contributed by atoms with Crippen molar-refractivity contribution >= 4 is 16.6 Å². The maximum absolute atomic E-state index is 5.07. The van der Waals surface area contributed by atoms with Crippen LogP contribution in [0.3, 0.4) is 0 Å². The lowest BCUT2D eigenvalue weighted by atomic mass is 9.85. The molecule has 0 atom stereocenters. The Labute approximate surface area is 156 Å². The molecule has 1 aliphatic rings. The number of anilines is 1. The lowest BCUT2D eigenvalue weighted by molar-refractivity contribution is 0.591. The highest BCUT2D eigenvalue weighted by atomic mass is 14.9. The van der Waals surface area contributed by atoms with Gasteiger partial charge in [0.05, 0.1) is 5.52 Å². The molecule has 0 saturated heterocycles. The van der Waals surface area contributed by atoms with Gasteiger partial charge in [0.15, 0.2) is 0 Å². The minimum absolute atomic E-state index is 0.142. The lowest BCUT2D eigenvalue weighted by Gasteiger charge is -2.24. The third-order valence-corrected chi connectivity index (χ3v) is 5.44. The summed E-state index contributed by atoms with van der Waals surface area (Å²) in [5, 5.41) is 5.01. The minimum atomic E-state index is 0.142. The van der Waals surface area contributed by atoms with Crippen LogP contribution < -0.4 is 5.32 Å². The number of aromatic nitrogens is 1. The summed E-state index contributed by atoms with van der Waals surface area (Å²) in [5.74, 6) is 0. The fourth-order valence-corrected chi connectivity index (χ4v) is 3.88. The molecule has 0 aliphatic heterocycles. The third kappa shape index (κ3) is 3.33. The van der Waals surface area contributed by atoms with Crippen molar-refractivity contribution in [3.63, 3.8) is 0 Å². The second-order valence-electron chi connectivity index (χ2n) is 8.44. The van der Waals surface area contributed by atoms with Gasteiger partial charge in [-0.05, 0) is 53.9 Å². The second kappa shape index (κ2) is 6.75. The van der Waals surface area contributed by atoms with Crippen LogP contribution in [-0.2, 0) is 24.8 Å². The second-order valence-corrected chi connectivity index (χ2v) is 8.44. The van der Waals surface area contributed by atoms with E-state index in [2.05, 4.69) is 74.6 Å². The van der Waals surface area contributed by atoms with Gasteiger partial charge in [0.1, 0.15) is 0 Å². The summed E-state index contributed by atoms with van der Waals surface area (Å²) >= 11 is 0. The molecule has 1 aromatic heterocycles. The SMILES string of the molecule is CC(C)(C)c1ccc2c(NCc3ccccc3)c3c(nc2c1)CCCC3. The molecule has 0 amide bonds. The maximum atomic E-state index is 5.07. The molecule has 0 spiro atoms. The average molecular weight is 345 g/mol. The highest BCUT2D eigenvalue weighted by Gasteiger charge is 2.20. The molecular formula is C24H28N2. The summed E-state index contributed by atoms with van der Waals surface area (Å²) in [7, 11) is 0. The first-order valence-corrected chi connectivity index (χ1v) is 9.76. The number of hydrogen-bond donors (Lipinski definition) is 1. The molecule has 4 rings (SSSR count). The molecule has 0 fully saturated rings. The van der Waals surface area contributed by atoms with Crippen molar-refractivity contribution in [1.29, 1.82) is 0 Å². The molecule has 0 radical (unpaired) electrons. The third-order valence-electron chi connectivity index (χ3n) is 5.44. The van der Waals surface area contributed by atoms with Gasteiger partial charge in [-0.2, -0.15) is 0 Å². The van der Waals surface area contributed by atoms with Crippen LogP contribution in [-0.4, -0.2) is 4.98 Å². The summed E-state index contributed by atoms with van der Waals surface area (Å²) in [4.78, 5) is 5.07. The zero-order valence-electron chi connectivity index (χ0n) is 16.1. The first-order valence-electron chi connectivity index (χ1n) is 9.76. The summed E-state index contributed by atoms with van der Waals surface area (Å²) in [6.45, 7) is 7.65. The van der Waals surface area contributed by atoms with Gasteiger partial charge in [-0.3, -0.25) is 4.98 Å². The van der Waals surface area contributed by atoms with Crippen LogP contribution in [0.4, 0.5) is 5.69 Å². The summed E-state index contributed by atoms with van der Waals surface area (Å²) < 4.78 is 0. The highest BCUT2D eigenvalue weighted by molar-refractivity contribution is 5.94. The van der Waals surface area contributed by atoms with Crippen LogP contribution in [0.2, 0.25) is 0 Å². The van der Waals surface area contributed by atoms with Crippen LogP contribution in [0.5, 0.6) is 0 Å². The molecule has 3 aromatic rings. The standard InChI is InChI=1S/C24H28N2/c1-24(2,3)18-13-14-20-22(15-18)26-21-12-8-7-11-19(21)23(20)25-16-17-9-5-4-6-10-17/h4-6,9-10,13-15H,7-8,11-12,16H2,1-3H3,(H,25,26). The zero-order valence-corrected chi connectivity index (χ0v) is 16.1. The molecule has 134 valence electrons. The van der Waals surface area contributed by atoms with E-state index in [1.807, 2.05) is 0 Å². The van der Waals surface area contributed by atoms with E-state index >= 15 is 0 Å². The van der Waals surface area contributed by atoms with Gasteiger partial charge >= 0.3 is 0 Å². The first-order chi connectivity index (χ1) is 12.5. The largest absolute Gasteiger partial charge is 0.380 e. The summed E-state index contributed by atoms with van der Waals surface area (Å²) in [6, 6.07) is 17.5. The van der Waals surface area contributed by atoms with Crippen LogP contribution in [0.1, 0.15) is 56.0 Å². The predicted octanol–water partition coefficient (Wildman–Crippen LogP) is 6.02. The number of nitrogens with one attached hydrogen (secondary N) is 1. The predicted molar refractivity (Wildman–Crippen MR) is 111 cm³/mol. The quantitative estimate of drug-likeness (QED) is 0.628. The van der Waals surface area contributed by atoms with Gasteiger partial charge in [-0.1, -0.05) is 63.2 Å². The van der Waals surface area contributed by atoms with Gasteiger partial charge in [-0.25, -0.2) is 0 Å². The molecule has 0 unspecified atom stereocenters. The molecular weight excluding hydrogens is 316 g/mol. The zero-order chi connectivity index (χ0) is 18.1. The summed E-state index contributed by atoms with van der Waals surface area (Å²) in [6.07, 6.45) is 4.75. The number of nitrogens with zero attached hydrogens (tertiary/aromatic N) is 1. The number of rotatable bonds is 3. The smallest absolute Gasteiger partial charge is 0.0729 e. The maximum Gasteiger partial charge on any atom is 0.0729 e. The topological polar surface area (TPSA) is 24.9 Å². The van der Waals surface area contributed by atoms with Gasteiger partial charge < -0.3 is 5.32 Å². The van der Waals surface area contributed by atoms with Crippen molar-refractivity contribution in [2.75, 3.05) is 5.32 Å². The molecule has 0 bridgehead atoms. The van der Waals surface area contributed by atoms with Gasteiger partial charge in [0, 0.05) is 23.3 Å². The van der Waals surface area contributed by atoms with E-state index in [9.17, 15) is 0 Å². The van der Waals surface area contributed by atoms with Crippen molar-refractivity contribution in [2.24, 2.45) is 0 Å². The fourth-order valence-electron chi connectivity index (χ4n) is 3.88. The number of pyridine rings is 1. The molecule has 1 N–H and O–H groups in total. The Balaban J connectivity index is 1.80. The van der Waals surface area contributed by atoms with E-state index in [1.54, 1.807) is 0 Å².